The second-order valence-electron chi connectivity index (χ2n) is 2.64. The molecular formula is C8H12O2. The van der Waals surface area contributed by atoms with Crippen molar-refractivity contribution in [1.29, 1.82) is 0 Å². The van der Waals surface area contributed by atoms with Gasteiger partial charge in [0.2, 0.25) is 0 Å². The number of aliphatic hydroxyl groups excluding tert-OH is 1. The van der Waals surface area contributed by atoms with Crippen LogP contribution in [0.25, 0.3) is 0 Å². The zero-order valence-electron chi connectivity index (χ0n) is 6.13. The third kappa shape index (κ3) is 1.45. The van der Waals surface area contributed by atoms with Crippen molar-refractivity contribution in [2.45, 2.75) is 32.3 Å². The molecule has 1 rings (SSSR count). The number of hydrogen-bond donors (Lipinski definition) is 1. The van der Waals surface area contributed by atoms with Gasteiger partial charge in [0.1, 0.15) is 0 Å². The van der Waals surface area contributed by atoms with Crippen molar-refractivity contribution in [3.8, 4) is 0 Å². The molecule has 0 heterocycles. The van der Waals surface area contributed by atoms with Crippen LogP contribution in [0.1, 0.15) is 26.2 Å². The first-order valence-corrected chi connectivity index (χ1v) is 3.66. The Bertz CT molecular complexity index is 170. The van der Waals surface area contributed by atoms with Gasteiger partial charge >= 0.3 is 0 Å². The Kier molecular flexibility index (Phi) is 2.22. The molecule has 0 aliphatic heterocycles. The van der Waals surface area contributed by atoms with Gasteiger partial charge < -0.3 is 5.11 Å². The van der Waals surface area contributed by atoms with Crippen LogP contribution in [0.3, 0.4) is 0 Å². The Labute approximate surface area is 60.6 Å². The first kappa shape index (κ1) is 7.48. The average molecular weight is 140 g/mol. The van der Waals surface area contributed by atoms with Crippen molar-refractivity contribution in [1.82, 2.24) is 0 Å². The van der Waals surface area contributed by atoms with E-state index in [1.807, 2.05) is 6.92 Å². The molecule has 1 unspecified atom stereocenters. The van der Waals surface area contributed by atoms with E-state index < -0.39 is 6.10 Å². The molecule has 2 heteroatoms. The summed E-state index contributed by atoms with van der Waals surface area (Å²) in [4.78, 5) is 10.9. The summed E-state index contributed by atoms with van der Waals surface area (Å²) >= 11 is 0. The van der Waals surface area contributed by atoms with Gasteiger partial charge in [-0.05, 0) is 18.1 Å². The van der Waals surface area contributed by atoms with Crippen LogP contribution >= 0.6 is 0 Å². The maximum Gasteiger partial charge on any atom is 0.161 e. The van der Waals surface area contributed by atoms with Gasteiger partial charge in [-0.1, -0.05) is 13.3 Å². The highest BCUT2D eigenvalue weighted by Gasteiger charge is 2.20. The van der Waals surface area contributed by atoms with Crippen molar-refractivity contribution in [2.75, 3.05) is 0 Å². The standard InChI is InChI=1S/C8H12O2/c1-2-3-6-4-7(9)5-8(6)10/h4,7,9H,2-3,5H2,1H3. The van der Waals surface area contributed by atoms with Crippen LogP contribution in [0.15, 0.2) is 11.6 Å². The van der Waals surface area contributed by atoms with Crippen molar-refractivity contribution in [2.24, 2.45) is 0 Å². The molecule has 0 amide bonds. The topological polar surface area (TPSA) is 37.3 Å². The molecule has 1 atom stereocenters. The first-order chi connectivity index (χ1) is 4.74. The molecule has 10 heavy (non-hydrogen) atoms. The molecule has 2 nitrogen and oxygen atoms in total. The molecule has 0 aromatic rings. The molecule has 0 fully saturated rings. The number of allylic oxidation sites excluding steroid dienone is 1. The number of carbonyl (C=O) groups is 1. The van der Waals surface area contributed by atoms with Gasteiger partial charge in [0, 0.05) is 6.42 Å². The van der Waals surface area contributed by atoms with E-state index in [1.165, 1.54) is 0 Å². The fraction of sp³-hybridized carbons (Fsp3) is 0.625. The molecule has 1 aliphatic carbocycles. The Balaban J connectivity index is 2.57. The van der Waals surface area contributed by atoms with Gasteiger partial charge in [-0.25, -0.2) is 0 Å². The van der Waals surface area contributed by atoms with Gasteiger partial charge in [-0.2, -0.15) is 0 Å². The van der Waals surface area contributed by atoms with Gasteiger partial charge in [-0.3, -0.25) is 4.79 Å². The number of rotatable bonds is 2. The second-order valence-corrected chi connectivity index (χ2v) is 2.64. The van der Waals surface area contributed by atoms with E-state index in [2.05, 4.69) is 0 Å². The Hall–Kier alpha value is -0.630. The summed E-state index contributed by atoms with van der Waals surface area (Å²) in [6.07, 6.45) is 3.26. The number of hydrogen-bond acceptors (Lipinski definition) is 2. The molecule has 0 radical (unpaired) electrons. The molecule has 0 bridgehead atoms. The third-order valence-electron chi connectivity index (χ3n) is 1.67. The van der Waals surface area contributed by atoms with Crippen LogP contribution in [0.2, 0.25) is 0 Å². The summed E-state index contributed by atoms with van der Waals surface area (Å²) in [5.41, 5.74) is 0.815. The van der Waals surface area contributed by atoms with E-state index in [4.69, 9.17) is 5.11 Å². The molecule has 0 aromatic carbocycles. The molecule has 1 N–H and O–H groups in total. The normalized spacial score (nSPS) is 25.2. The predicted octanol–water partition coefficient (Wildman–Crippen LogP) is 1.05. The molecular weight excluding hydrogens is 128 g/mol. The van der Waals surface area contributed by atoms with Crippen LogP contribution in [0.5, 0.6) is 0 Å². The number of aliphatic hydroxyl groups is 1. The number of ketones is 1. The van der Waals surface area contributed by atoms with E-state index in [1.54, 1.807) is 6.08 Å². The lowest BCUT2D eigenvalue weighted by Gasteiger charge is -1.93. The van der Waals surface area contributed by atoms with Gasteiger partial charge in [-0.15, -0.1) is 0 Å². The highest BCUT2D eigenvalue weighted by atomic mass is 16.3. The highest BCUT2D eigenvalue weighted by molar-refractivity contribution is 5.98. The average Bonchev–Trinajstić information content (AvgIpc) is 2.13. The minimum atomic E-state index is -0.506. The third-order valence-corrected chi connectivity index (χ3v) is 1.67. The fourth-order valence-electron chi connectivity index (χ4n) is 1.20. The van der Waals surface area contributed by atoms with Crippen LogP contribution in [0.4, 0.5) is 0 Å². The van der Waals surface area contributed by atoms with E-state index >= 15 is 0 Å². The summed E-state index contributed by atoms with van der Waals surface area (Å²) in [5.74, 6) is 0.120. The minimum absolute atomic E-state index is 0.120. The monoisotopic (exact) mass is 140 g/mol. The maximum atomic E-state index is 10.9. The van der Waals surface area contributed by atoms with E-state index in [9.17, 15) is 4.79 Å². The molecule has 0 saturated heterocycles. The zero-order valence-corrected chi connectivity index (χ0v) is 6.13. The van der Waals surface area contributed by atoms with Crippen molar-refractivity contribution < 1.29 is 9.90 Å². The summed E-state index contributed by atoms with van der Waals surface area (Å²) < 4.78 is 0. The Morgan fingerprint density at radius 2 is 2.50 bits per heavy atom. The Morgan fingerprint density at radius 1 is 1.80 bits per heavy atom. The minimum Gasteiger partial charge on any atom is -0.389 e. The van der Waals surface area contributed by atoms with E-state index in [0.29, 0.717) is 6.42 Å². The van der Waals surface area contributed by atoms with Crippen molar-refractivity contribution in [3.05, 3.63) is 11.6 Å². The van der Waals surface area contributed by atoms with Crippen molar-refractivity contribution in [3.63, 3.8) is 0 Å². The fourth-order valence-corrected chi connectivity index (χ4v) is 1.20. The van der Waals surface area contributed by atoms with E-state index in [0.717, 1.165) is 18.4 Å². The van der Waals surface area contributed by atoms with Crippen LogP contribution in [0, 0.1) is 0 Å². The SMILES string of the molecule is CCCC1=CC(O)CC1=O. The smallest absolute Gasteiger partial charge is 0.161 e. The lowest BCUT2D eigenvalue weighted by molar-refractivity contribution is -0.115. The van der Waals surface area contributed by atoms with Crippen LogP contribution in [-0.4, -0.2) is 17.0 Å². The summed E-state index contributed by atoms with van der Waals surface area (Å²) in [6.45, 7) is 2.03. The molecule has 0 saturated carbocycles. The van der Waals surface area contributed by atoms with Gasteiger partial charge in [0.25, 0.3) is 0 Å². The van der Waals surface area contributed by atoms with Crippen LogP contribution < -0.4 is 0 Å². The Morgan fingerprint density at radius 3 is 2.90 bits per heavy atom. The predicted molar refractivity (Wildman–Crippen MR) is 38.6 cm³/mol. The molecule has 1 aliphatic rings. The van der Waals surface area contributed by atoms with E-state index in [-0.39, 0.29) is 5.78 Å². The quantitative estimate of drug-likeness (QED) is 0.622. The summed E-state index contributed by atoms with van der Waals surface area (Å²) in [6, 6.07) is 0. The largest absolute Gasteiger partial charge is 0.389 e. The van der Waals surface area contributed by atoms with Gasteiger partial charge in [0.15, 0.2) is 5.78 Å². The lowest BCUT2D eigenvalue weighted by Crippen LogP contribution is -2.00. The lowest BCUT2D eigenvalue weighted by atomic mass is 10.1. The number of carbonyl (C=O) groups excluding carboxylic acids is 1. The molecule has 0 aromatic heterocycles. The highest BCUT2D eigenvalue weighted by Crippen LogP contribution is 2.18. The van der Waals surface area contributed by atoms with Gasteiger partial charge in [0.05, 0.1) is 6.10 Å². The maximum absolute atomic E-state index is 10.9. The van der Waals surface area contributed by atoms with Crippen LogP contribution in [-0.2, 0) is 4.79 Å². The number of Topliss-reactive ketones (excluding diaryl/α,β-unsaturated/α-hetero) is 1. The zero-order chi connectivity index (χ0) is 7.56. The summed E-state index contributed by atoms with van der Waals surface area (Å²) in [7, 11) is 0. The molecule has 56 valence electrons. The second kappa shape index (κ2) is 2.97. The molecule has 0 spiro atoms. The van der Waals surface area contributed by atoms with Crippen molar-refractivity contribution >= 4 is 5.78 Å². The first-order valence-electron chi connectivity index (χ1n) is 3.66. The summed E-state index contributed by atoms with van der Waals surface area (Å²) in [5, 5.41) is 9.00.